The minimum atomic E-state index is -0.780. The Labute approximate surface area is 191 Å². The highest BCUT2D eigenvalue weighted by atomic mass is 19.1. The summed E-state index contributed by atoms with van der Waals surface area (Å²) in [5.41, 5.74) is 0. The van der Waals surface area contributed by atoms with Crippen molar-refractivity contribution in [2.45, 2.75) is 94.7 Å². The number of likely N-dealkylation sites (tertiary alicyclic amines) is 1. The highest BCUT2D eigenvalue weighted by Crippen LogP contribution is 2.38. The Balaban J connectivity index is 1.27. The number of nitrogens with zero attached hydrogens (tertiary/aromatic N) is 2. The number of methoxy groups -OCH3 is 1. The second-order valence-electron chi connectivity index (χ2n) is 10.6. The Morgan fingerprint density at radius 1 is 1.19 bits per heavy atom. The molecule has 2 aliphatic carbocycles. The molecule has 2 aliphatic heterocycles. The summed E-state index contributed by atoms with van der Waals surface area (Å²) in [5, 5.41) is 6.75. The molecule has 2 saturated carbocycles. The Morgan fingerprint density at radius 3 is 2.75 bits per heavy atom. The van der Waals surface area contributed by atoms with Gasteiger partial charge in [-0.05, 0) is 57.3 Å². The van der Waals surface area contributed by atoms with Crippen molar-refractivity contribution in [3.05, 3.63) is 0 Å². The summed E-state index contributed by atoms with van der Waals surface area (Å²) < 4.78 is 19.4. The van der Waals surface area contributed by atoms with E-state index in [2.05, 4.69) is 22.5 Å². The van der Waals surface area contributed by atoms with Crippen LogP contribution in [0.1, 0.15) is 58.3 Å². The van der Waals surface area contributed by atoms with Gasteiger partial charge in [0, 0.05) is 57.3 Å². The van der Waals surface area contributed by atoms with Gasteiger partial charge in [0.25, 0.3) is 0 Å². The largest absolute Gasteiger partial charge is 0.375 e. The number of rotatable bonds is 6. The van der Waals surface area contributed by atoms with Crippen LogP contribution in [0, 0.1) is 11.8 Å². The minimum absolute atomic E-state index is 0.0204. The maximum Gasteiger partial charge on any atom is 0.248 e. The summed E-state index contributed by atoms with van der Waals surface area (Å²) in [5.74, 6) is 0.491. The molecule has 0 spiro atoms. The molecule has 0 radical (unpaired) electrons. The summed E-state index contributed by atoms with van der Waals surface area (Å²) in [6, 6.07) is 0.721. The van der Waals surface area contributed by atoms with E-state index in [1.165, 1.54) is 0 Å². The lowest BCUT2D eigenvalue weighted by molar-refractivity contribution is -0.135. The number of amides is 2. The number of hydrogen-bond donors (Lipinski definition) is 2. The van der Waals surface area contributed by atoms with Gasteiger partial charge in [0.15, 0.2) is 0 Å². The van der Waals surface area contributed by atoms with Crippen LogP contribution in [0.5, 0.6) is 0 Å². The molecule has 0 aromatic heterocycles. The maximum atomic E-state index is 14.4. The smallest absolute Gasteiger partial charge is 0.248 e. The van der Waals surface area contributed by atoms with E-state index in [9.17, 15) is 14.0 Å². The van der Waals surface area contributed by atoms with E-state index in [1.807, 2.05) is 11.9 Å². The lowest BCUT2D eigenvalue weighted by Gasteiger charge is -2.36. The summed E-state index contributed by atoms with van der Waals surface area (Å²) in [6.07, 6.45) is 6.55. The molecule has 4 rings (SSSR count). The van der Waals surface area contributed by atoms with Crippen LogP contribution in [0.25, 0.3) is 0 Å². The van der Waals surface area contributed by atoms with Gasteiger partial charge < -0.3 is 20.3 Å². The van der Waals surface area contributed by atoms with E-state index >= 15 is 0 Å². The van der Waals surface area contributed by atoms with Crippen molar-refractivity contribution in [3.8, 4) is 0 Å². The lowest BCUT2D eigenvalue weighted by atomic mass is 9.77. The fourth-order valence-corrected chi connectivity index (χ4v) is 6.57. The summed E-state index contributed by atoms with van der Waals surface area (Å²) in [7, 11) is 3.42. The molecule has 0 bridgehead atoms. The van der Waals surface area contributed by atoms with Crippen LogP contribution in [0.3, 0.4) is 0 Å². The molecule has 32 heavy (non-hydrogen) atoms. The maximum absolute atomic E-state index is 14.4. The van der Waals surface area contributed by atoms with Gasteiger partial charge >= 0.3 is 0 Å². The number of fused-ring (bicyclic) bond motifs is 1. The van der Waals surface area contributed by atoms with Crippen LogP contribution in [0.4, 0.5) is 4.39 Å². The van der Waals surface area contributed by atoms with Crippen molar-refractivity contribution in [1.29, 1.82) is 0 Å². The fourth-order valence-electron chi connectivity index (χ4n) is 6.57. The van der Waals surface area contributed by atoms with Crippen molar-refractivity contribution in [3.63, 3.8) is 0 Å². The molecule has 5 unspecified atom stereocenters. The SMILES string of the molecule is COCC(=O)N(C)[C@H]1CCN([C@@H]2CCC[C@@H](NC(=O)C3CC4C(F)CCC(C)C4N3)C2)C1. The highest BCUT2D eigenvalue weighted by molar-refractivity contribution is 5.82. The van der Waals surface area contributed by atoms with E-state index in [4.69, 9.17) is 4.74 Å². The zero-order valence-corrected chi connectivity index (χ0v) is 19.9. The first-order valence-corrected chi connectivity index (χ1v) is 12.6. The van der Waals surface area contributed by atoms with Crippen LogP contribution in [0.15, 0.2) is 0 Å². The van der Waals surface area contributed by atoms with Gasteiger partial charge in [0.05, 0.1) is 6.04 Å². The number of carbonyl (C=O) groups excluding carboxylic acids is 2. The molecule has 2 N–H and O–H groups in total. The van der Waals surface area contributed by atoms with E-state index in [0.717, 1.165) is 51.6 Å². The second kappa shape index (κ2) is 10.3. The van der Waals surface area contributed by atoms with Crippen molar-refractivity contribution in [2.24, 2.45) is 11.8 Å². The third-order valence-electron chi connectivity index (χ3n) is 8.57. The molecule has 0 aromatic carbocycles. The number of likely N-dealkylation sites (N-methyl/N-ethyl adjacent to an activating group) is 1. The van der Waals surface area contributed by atoms with Gasteiger partial charge in [-0.3, -0.25) is 14.5 Å². The predicted octanol–water partition coefficient (Wildman–Crippen LogP) is 1.71. The Bertz CT molecular complexity index is 662. The molecular formula is C24H41FN4O3. The topological polar surface area (TPSA) is 73.9 Å². The molecule has 7 nitrogen and oxygen atoms in total. The molecule has 4 aliphatic rings. The number of alkyl halides is 1. The summed E-state index contributed by atoms with van der Waals surface area (Å²) in [6.45, 7) is 4.18. The first kappa shape index (κ1) is 23.9. The average Bonchev–Trinajstić information content (AvgIpc) is 3.45. The van der Waals surface area contributed by atoms with Gasteiger partial charge in [-0.1, -0.05) is 6.92 Å². The van der Waals surface area contributed by atoms with Crippen molar-refractivity contribution < 1.29 is 18.7 Å². The zero-order valence-electron chi connectivity index (χ0n) is 19.9. The van der Waals surface area contributed by atoms with Gasteiger partial charge in [-0.2, -0.15) is 0 Å². The Hall–Kier alpha value is -1.25. The minimum Gasteiger partial charge on any atom is -0.375 e. The molecule has 2 heterocycles. The summed E-state index contributed by atoms with van der Waals surface area (Å²) in [4.78, 5) is 29.5. The first-order valence-electron chi connectivity index (χ1n) is 12.6. The second-order valence-corrected chi connectivity index (χ2v) is 10.6. The molecule has 2 amide bonds. The van der Waals surface area contributed by atoms with Crippen molar-refractivity contribution in [1.82, 2.24) is 20.4 Å². The van der Waals surface area contributed by atoms with Crippen LogP contribution in [0.2, 0.25) is 0 Å². The highest BCUT2D eigenvalue weighted by Gasteiger charge is 2.46. The number of hydrogen-bond acceptors (Lipinski definition) is 5. The van der Waals surface area contributed by atoms with E-state index in [1.54, 1.807) is 7.11 Å². The third kappa shape index (κ3) is 5.12. The fraction of sp³-hybridized carbons (Fsp3) is 0.917. The quantitative estimate of drug-likeness (QED) is 0.642. The molecular weight excluding hydrogens is 411 g/mol. The molecule has 4 fully saturated rings. The van der Waals surface area contributed by atoms with Crippen LogP contribution in [-0.2, 0) is 14.3 Å². The number of ether oxygens (including phenoxy) is 1. The van der Waals surface area contributed by atoms with E-state index in [0.29, 0.717) is 24.8 Å². The van der Waals surface area contributed by atoms with E-state index in [-0.39, 0.29) is 48.5 Å². The number of halogens is 1. The monoisotopic (exact) mass is 452 g/mol. The van der Waals surface area contributed by atoms with Crippen molar-refractivity contribution >= 4 is 11.8 Å². The predicted molar refractivity (Wildman–Crippen MR) is 121 cm³/mol. The van der Waals surface area contributed by atoms with Gasteiger partial charge in [0.1, 0.15) is 12.8 Å². The first-order chi connectivity index (χ1) is 15.4. The third-order valence-corrected chi connectivity index (χ3v) is 8.57. The summed E-state index contributed by atoms with van der Waals surface area (Å²) >= 11 is 0. The number of nitrogens with one attached hydrogen (secondary N) is 2. The zero-order chi connectivity index (χ0) is 22.8. The average molecular weight is 453 g/mol. The molecule has 182 valence electrons. The molecule has 8 heteroatoms. The normalized spacial score (nSPS) is 40.1. The van der Waals surface area contributed by atoms with Gasteiger partial charge in [-0.15, -0.1) is 0 Å². The van der Waals surface area contributed by atoms with Crippen LogP contribution >= 0.6 is 0 Å². The van der Waals surface area contributed by atoms with Crippen LogP contribution < -0.4 is 10.6 Å². The Kier molecular flexibility index (Phi) is 7.73. The Morgan fingerprint density at radius 2 is 2.00 bits per heavy atom. The molecule has 2 saturated heterocycles. The molecule has 0 aromatic rings. The van der Waals surface area contributed by atoms with E-state index < -0.39 is 6.17 Å². The van der Waals surface area contributed by atoms with Gasteiger partial charge in [0.2, 0.25) is 11.8 Å². The molecule has 8 atom stereocenters. The standard InChI is InChI=1S/C24H41FN4O3/c1-15-7-8-20(25)19-12-21(27-23(15)19)24(31)26-16-5-4-6-17(11-16)29-10-9-18(13-29)28(2)22(30)14-32-3/h15-21,23,27H,4-14H2,1-3H3,(H,26,31)/t15?,16-,17-,18+,19?,20?,21?,23?/m1/s1. The lowest BCUT2D eigenvalue weighted by Crippen LogP contribution is -2.51. The number of carbonyl (C=O) groups is 2. The van der Waals surface area contributed by atoms with Crippen molar-refractivity contribution in [2.75, 3.05) is 33.9 Å². The van der Waals surface area contributed by atoms with Crippen LogP contribution in [-0.4, -0.2) is 91.8 Å². The van der Waals surface area contributed by atoms with Gasteiger partial charge in [-0.25, -0.2) is 4.39 Å².